The van der Waals surface area contributed by atoms with Crippen molar-refractivity contribution >= 4 is 11.6 Å². The third-order valence-electron chi connectivity index (χ3n) is 4.09. The summed E-state index contributed by atoms with van der Waals surface area (Å²) in [5.74, 6) is 1.31. The number of carbonyl (C=O) groups is 1. The molecule has 0 aliphatic heterocycles. The van der Waals surface area contributed by atoms with Crippen molar-refractivity contribution < 1.29 is 14.3 Å². The number of carbonyl (C=O) groups excluding carboxylic acids is 1. The highest BCUT2D eigenvalue weighted by atomic mass is 16.5. The van der Waals surface area contributed by atoms with Crippen molar-refractivity contribution in [2.24, 2.45) is 0 Å². The molecule has 0 fully saturated rings. The Labute approximate surface area is 156 Å². The molecule has 2 rings (SSSR count). The normalized spacial score (nSPS) is 10.4. The first-order chi connectivity index (χ1) is 12.7. The summed E-state index contributed by atoms with van der Waals surface area (Å²) in [6, 6.07) is 15.1. The molecule has 0 atom stereocenters. The number of benzene rings is 2. The Bertz CT molecular complexity index is 685. The molecule has 1 amide bonds. The van der Waals surface area contributed by atoms with Crippen molar-refractivity contribution in [1.82, 2.24) is 0 Å². The first kappa shape index (κ1) is 19.8. The first-order valence-electron chi connectivity index (χ1n) is 9.40. The maximum atomic E-state index is 12.1. The lowest BCUT2D eigenvalue weighted by molar-refractivity contribution is -0.118. The SMILES string of the molecule is CCCCCCCOc1cccc(NC(=O)COc2ccccc2C)c1. The van der Waals surface area contributed by atoms with Gasteiger partial charge in [0, 0.05) is 11.8 Å². The fraction of sp³-hybridized carbons (Fsp3) is 0.409. The average molecular weight is 355 g/mol. The Morgan fingerprint density at radius 1 is 0.962 bits per heavy atom. The number of aryl methyl sites for hydroxylation is 1. The topological polar surface area (TPSA) is 47.6 Å². The van der Waals surface area contributed by atoms with Crippen LogP contribution in [0.25, 0.3) is 0 Å². The molecule has 0 heterocycles. The Kier molecular flexibility index (Phi) is 8.53. The Morgan fingerprint density at radius 3 is 2.58 bits per heavy atom. The van der Waals surface area contributed by atoms with E-state index in [1.807, 2.05) is 55.5 Å². The van der Waals surface area contributed by atoms with E-state index < -0.39 is 0 Å². The van der Waals surface area contributed by atoms with E-state index in [1.165, 1.54) is 25.7 Å². The standard InChI is InChI=1S/C22H29NO3/c1-3-4-5-6-9-15-25-20-13-10-12-19(16-20)23-22(24)17-26-21-14-8-7-11-18(21)2/h7-8,10-14,16H,3-6,9,15,17H2,1-2H3,(H,23,24). The molecule has 2 aromatic rings. The van der Waals surface area contributed by atoms with Crippen LogP contribution < -0.4 is 14.8 Å². The lowest BCUT2D eigenvalue weighted by Gasteiger charge is -2.11. The quantitative estimate of drug-likeness (QED) is 0.552. The van der Waals surface area contributed by atoms with Crippen LogP contribution in [0.3, 0.4) is 0 Å². The van der Waals surface area contributed by atoms with Gasteiger partial charge >= 0.3 is 0 Å². The summed E-state index contributed by atoms with van der Waals surface area (Å²) < 4.78 is 11.3. The van der Waals surface area contributed by atoms with Crippen LogP contribution in [0.4, 0.5) is 5.69 Å². The van der Waals surface area contributed by atoms with Gasteiger partial charge in [-0.15, -0.1) is 0 Å². The van der Waals surface area contributed by atoms with Gasteiger partial charge in [-0.3, -0.25) is 4.79 Å². The van der Waals surface area contributed by atoms with Gasteiger partial charge in [-0.2, -0.15) is 0 Å². The van der Waals surface area contributed by atoms with E-state index in [0.717, 1.165) is 23.5 Å². The lowest BCUT2D eigenvalue weighted by Crippen LogP contribution is -2.20. The maximum absolute atomic E-state index is 12.1. The minimum Gasteiger partial charge on any atom is -0.494 e. The molecule has 0 radical (unpaired) electrons. The summed E-state index contributed by atoms with van der Waals surface area (Å²) in [6.45, 7) is 4.85. The maximum Gasteiger partial charge on any atom is 0.262 e. The number of anilines is 1. The number of hydrogen-bond donors (Lipinski definition) is 1. The van der Waals surface area contributed by atoms with E-state index in [2.05, 4.69) is 12.2 Å². The number of amides is 1. The van der Waals surface area contributed by atoms with Crippen molar-refractivity contribution in [2.75, 3.05) is 18.5 Å². The van der Waals surface area contributed by atoms with Gasteiger partial charge in [0.15, 0.2) is 6.61 Å². The fourth-order valence-corrected chi connectivity index (χ4v) is 2.62. The number of rotatable bonds is 11. The van der Waals surface area contributed by atoms with Gasteiger partial charge in [0.05, 0.1) is 6.61 Å². The van der Waals surface area contributed by atoms with Crippen LogP contribution in [-0.4, -0.2) is 19.1 Å². The van der Waals surface area contributed by atoms with Crippen LogP contribution in [-0.2, 0) is 4.79 Å². The van der Waals surface area contributed by atoms with Gasteiger partial charge in [-0.1, -0.05) is 56.9 Å². The lowest BCUT2D eigenvalue weighted by atomic mass is 10.2. The van der Waals surface area contributed by atoms with Crippen LogP contribution >= 0.6 is 0 Å². The highest BCUT2D eigenvalue weighted by molar-refractivity contribution is 5.92. The summed E-state index contributed by atoms with van der Waals surface area (Å²) in [5.41, 5.74) is 1.72. The van der Waals surface area contributed by atoms with E-state index in [-0.39, 0.29) is 12.5 Å². The molecule has 0 saturated carbocycles. The van der Waals surface area contributed by atoms with Crippen molar-refractivity contribution in [3.05, 3.63) is 54.1 Å². The molecule has 140 valence electrons. The van der Waals surface area contributed by atoms with Gasteiger partial charge in [0.25, 0.3) is 5.91 Å². The average Bonchev–Trinajstić information content (AvgIpc) is 2.64. The zero-order valence-electron chi connectivity index (χ0n) is 15.8. The molecule has 4 nitrogen and oxygen atoms in total. The van der Waals surface area contributed by atoms with Crippen molar-refractivity contribution in [1.29, 1.82) is 0 Å². The second kappa shape index (κ2) is 11.2. The zero-order valence-corrected chi connectivity index (χ0v) is 15.8. The molecule has 0 aliphatic carbocycles. The van der Waals surface area contributed by atoms with E-state index >= 15 is 0 Å². The van der Waals surface area contributed by atoms with Gasteiger partial charge in [0.2, 0.25) is 0 Å². The molecule has 26 heavy (non-hydrogen) atoms. The minimum absolute atomic E-state index is 0.0205. The summed E-state index contributed by atoms with van der Waals surface area (Å²) in [6.07, 6.45) is 6.04. The largest absolute Gasteiger partial charge is 0.494 e. The fourth-order valence-electron chi connectivity index (χ4n) is 2.62. The molecular weight excluding hydrogens is 326 g/mol. The first-order valence-corrected chi connectivity index (χ1v) is 9.40. The molecule has 0 spiro atoms. The zero-order chi connectivity index (χ0) is 18.6. The van der Waals surface area contributed by atoms with Gasteiger partial charge < -0.3 is 14.8 Å². The van der Waals surface area contributed by atoms with Crippen molar-refractivity contribution in [3.63, 3.8) is 0 Å². The summed E-state index contributed by atoms with van der Waals surface area (Å²) in [4.78, 5) is 12.1. The molecule has 4 heteroatoms. The van der Waals surface area contributed by atoms with Crippen LogP contribution in [0.15, 0.2) is 48.5 Å². The third-order valence-corrected chi connectivity index (χ3v) is 4.09. The number of hydrogen-bond acceptors (Lipinski definition) is 3. The molecule has 0 bridgehead atoms. The predicted octanol–water partition coefficient (Wildman–Crippen LogP) is 5.36. The molecule has 0 unspecified atom stereocenters. The summed E-state index contributed by atoms with van der Waals surface area (Å²) >= 11 is 0. The van der Waals surface area contributed by atoms with Crippen LogP contribution in [0, 0.1) is 6.92 Å². The van der Waals surface area contributed by atoms with Crippen LogP contribution in [0.2, 0.25) is 0 Å². The smallest absolute Gasteiger partial charge is 0.262 e. The number of nitrogens with one attached hydrogen (secondary N) is 1. The van der Waals surface area contributed by atoms with Crippen LogP contribution in [0.5, 0.6) is 11.5 Å². The van der Waals surface area contributed by atoms with E-state index in [0.29, 0.717) is 12.3 Å². The molecule has 0 saturated heterocycles. The van der Waals surface area contributed by atoms with Crippen molar-refractivity contribution in [2.45, 2.75) is 46.0 Å². The summed E-state index contributed by atoms with van der Waals surface area (Å²) in [5, 5.41) is 2.85. The molecule has 0 aromatic heterocycles. The highest BCUT2D eigenvalue weighted by Gasteiger charge is 2.06. The van der Waals surface area contributed by atoms with Gasteiger partial charge in [0.1, 0.15) is 11.5 Å². The Balaban J connectivity index is 1.75. The molecule has 2 aromatic carbocycles. The third kappa shape index (κ3) is 7.18. The van der Waals surface area contributed by atoms with Crippen LogP contribution in [0.1, 0.15) is 44.6 Å². The number of para-hydroxylation sites is 1. The monoisotopic (exact) mass is 355 g/mol. The number of unbranched alkanes of at least 4 members (excludes halogenated alkanes) is 4. The predicted molar refractivity (Wildman–Crippen MR) is 106 cm³/mol. The van der Waals surface area contributed by atoms with E-state index in [1.54, 1.807) is 0 Å². The molecule has 1 N–H and O–H groups in total. The molecule has 0 aliphatic rings. The Morgan fingerprint density at radius 2 is 1.77 bits per heavy atom. The molecular formula is C22H29NO3. The van der Waals surface area contributed by atoms with E-state index in [9.17, 15) is 4.79 Å². The second-order valence-electron chi connectivity index (χ2n) is 6.39. The highest BCUT2D eigenvalue weighted by Crippen LogP contribution is 2.19. The second-order valence-corrected chi connectivity index (χ2v) is 6.39. The summed E-state index contributed by atoms with van der Waals surface area (Å²) in [7, 11) is 0. The van der Waals surface area contributed by atoms with Gasteiger partial charge in [-0.25, -0.2) is 0 Å². The Hall–Kier alpha value is -2.49. The minimum atomic E-state index is -0.190. The van der Waals surface area contributed by atoms with Crippen molar-refractivity contribution in [3.8, 4) is 11.5 Å². The van der Waals surface area contributed by atoms with E-state index in [4.69, 9.17) is 9.47 Å². The van der Waals surface area contributed by atoms with Gasteiger partial charge in [-0.05, 0) is 37.1 Å². The number of ether oxygens (including phenoxy) is 2.